The van der Waals surface area contributed by atoms with Crippen molar-refractivity contribution >= 4 is 195 Å². The first-order valence-electron chi connectivity index (χ1n) is 30.4. The Hall–Kier alpha value is -11.3. The van der Waals surface area contributed by atoms with Gasteiger partial charge in [0, 0.05) is 101 Å². The summed E-state index contributed by atoms with van der Waals surface area (Å²) in [6.07, 6.45) is 0. The van der Waals surface area contributed by atoms with Crippen molar-refractivity contribution < 1.29 is 0 Å². The maximum Gasteiger partial charge on any atom is 0.235 e. The minimum Gasteiger partial charge on any atom is -0.354 e. The lowest BCUT2D eigenvalue weighted by Gasteiger charge is -2.11. The second-order valence-corrected chi connectivity index (χ2v) is 25.8. The number of fused-ring (bicyclic) bond motifs is 26. The van der Waals surface area contributed by atoms with Crippen molar-refractivity contribution in [2.75, 3.05) is 0 Å². The maximum absolute atomic E-state index is 6.11. The van der Waals surface area contributed by atoms with Gasteiger partial charge >= 0.3 is 0 Å². The SMILES string of the molecule is Clc1nc(-c2ccccc2)c2sc3ccccc3c2n1.c1ccc(-c2nc(-n3c4ccccc4c4cc5c6ccccc6n6c7ccccc7c(c43)c56)nc3c2sc2ccccc23)cc1.c1ccc2c(c1)[nH]c1c2cc2c3ccccc3n3c4ccccc4c1c23. The summed E-state index contributed by atoms with van der Waals surface area (Å²) in [4.78, 5) is 23.4. The Morgan fingerprint density at radius 3 is 1.31 bits per heavy atom. The maximum atomic E-state index is 6.11. The van der Waals surface area contributed by atoms with Gasteiger partial charge in [-0.15, -0.1) is 22.7 Å². The average molecular weight is 1220 g/mol. The summed E-state index contributed by atoms with van der Waals surface area (Å²) < 4.78 is 11.8. The van der Waals surface area contributed by atoms with Gasteiger partial charge in [0.1, 0.15) is 0 Å². The standard InChI is InChI=1S/C40H22N4S.C24H14N2.C16H9ClN2S/c1-2-12-23(13-3-1)35-39-36(27-17-7-11-21-33(27)45-39)42-40(41-35)44-31-19-9-5-15-25(31)29-22-28-24-14-4-8-18-30(24)43-32-20-10-6-16-26(32)34(37(28)43)38(29)44;1-4-10-19-14(7-1)17-13-18-15-8-2-5-11-20(15)26-21-12-6-3-9-16(21)22(24(18)26)23(17)25-19;17-16-18-13(10-6-2-1-3-7-10)15-14(19-16)11-8-4-5-9-12(11)20-15/h1-22H;1-13,25H;1-9H. The fourth-order valence-electron chi connectivity index (χ4n) is 14.8. The quantitative estimate of drug-likeness (QED) is 0.179. The highest BCUT2D eigenvalue weighted by Gasteiger charge is 2.27. The van der Waals surface area contributed by atoms with Gasteiger partial charge in [-0.05, 0) is 72.3 Å². The largest absolute Gasteiger partial charge is 0.354 e. The van der Waals surface area contributed by atoms with Crippen LogP contribution in [-0.2, 0) is 0 Å². The first-order valence-corrected chi connectivity index (χ1v) is 32.4. The number of aromatic amines is 1. The minimum atomic E-state index is 0.292. The highest BCUT2D eigenvalue weighted by molar-refractivity contribution is 7.26. The number of benzene rings is 12. The Balaban J connectivity index is 0.000000105. The fraction of sp³-hybridized carbons (Fsp3) is 0. The Morgan fingerprint density at radius 2 is 0.725 bits per heavy atom. The van der Waals surface area contributed by atoms with E-state index in [-0.39, 0.29) is 0 Å². The van der Waals surface area contributed by atoms with E-state index in [0.29, 0.717) is 11.2 Å². The summed E-state index contributed by atoms with van der Waals surface area (Å²) in [5.74, 6) is 0.693. The summed E-state index contributed by atoms with van der Waals surface area (Å²) in [6.45, 7) is 0. The minimum absolute atomic E-state index is 0.292. The molecule has 0 saturated heterocycles. The molecule has 424 valence electrons. The predicted molar refractivity (Wildman–Crippen MR) is 385 cm³/mol. The van der Waals surface area contributed by atoms with Crippen LogP contribution in [0.15, 0.2) is 267 Å². The number of hydrogen-bond acceptors (Lipinski definition) is 6. The van der Waals surface area contributed by atoms with Crippen LogP contribution in [0.1, 0.15) is 0 Å². The second-order valence-electron chi connectivity index (χ2n) is 23.4. The molecule has 8 nitrogen and oxygen atoms in total. The smallest absolute Gasteiger partial charge is 0.235 e. The summed E-state index contributed by atoms with van der Waals surface area (Å²) in [7, 11) is 0. The lowest BCUT2D eigenvalue weighted by molar-refractivity contribution is 1.02. The molecule has 12 aromatic carbocycles. The van der Waals surface area contributed by atoms with E-state index < -0.39 is 0 Å². The molecule has 0 aliphatic rings. The predicted octanol–water partition coefficient (Wildman–Crippen LogP) is 22.4. The van der Waals surface area contributed by atoms with E-state index in [1.165, 1.54) is 118 Å². The third-order valence-electron chi connectivity index (χ3n) is 18.5. The highest BCUT2D eigenvalue weighted by atomic mass is 35.5. The van der Waals surface area contributed by atoms with Crippen LogP contribution in [0.2, 0.25) is 5.28 Å². The number of halogens is 1. The zero-order valence-corrected chi connectivity index (χ0v) is 50.6. The van der Waals surface area contributed by atoms with Gasteiger partial charge in [0.2, 0.25) is 11.2 Å². The fourth-order valence-corrected chi connectivity index (χ4v) is 17.3. The molecule has 0 aliphatic heterocycles. The van der Waals surface area contributed by atoms with Crippen LogP contribution in [0.4, 0.5) is 0 Å². The van der Waals surface area contributed by atoms with Gasteiger partial charge in [-0.1, -0.05) is 206 Å². The van der Waals surface area contributed by atoms with E-state index in [1.54, 1.807) is 22.7 Å². The normalized spacial score (nSPS) is 12.2. The van der Waals surface area contributed by atoms with Gasteiger partial charge in [-0.2, -0.15) is 0 Å². The topological polar surface area (TPSA) is 81.1 Å². The number of aromatic nitrogens is 8. The van der Waals surface area contributed by atoms with E-state index in [4.69, 9.17) is 21.6 Å². The number of thiophene rings is 2. The van der Waals surface area contributed by atoms with Crippen LogP contribution in [0.5, 0.6) is 0 Å². The molecule has 22 rings (SSSR count). The van der Waals surface area contributed by atoms with Crippen LogP contribution in [-0.4, -0.2) is 38.3 Å². The lowest BCUT2D eigenvalue weighted by Crippen LogP contribution is -2.03. The summed E-state index contributed by atoms with van der Waals surface area (Å²) in [5.41, 5.74) is 18.2. The number of hydrogen-bond donors (Lipinski definition) is 1. The Kier molecular flexibility index (Phi) is 10.8. The third-order valence-corrected chi connectivity index (χ3v) is 21.1. The van der Waals surface area contributed by atoms with Gasteiger partial charge in [-0.25, -0.2) is 19.9 Å². The van der Waals surface area contributed by atoms with E-state index in [1.807, 2.05) is 42.5 Å². The zero-order chi connectivity index (χ0) is 59.6. The number of nitrogens with zero attached hydrogens (tertiary/aromatic N) is 7. The second kappa shape index (κ2) is 19.4. The molecule has 0 saturated carbocycles. The number of nitrogens with one attached hydrogen (secondary N) is 1. The van der Waals surface area contributed by atoms with Gasteiger partial charge < -0.3 is 13.8 Å². The molecular weight excluding hydrogens is 1170 g/mol. The zero-order valence-electron chi connectivity index (χ0n) is 48.2. The molecule has 0 aliphatic carbocycles. The first kappa shape index (κ1) is 50.7. The molecule has 0 unspecified atom stereocenters. The molecule has 0 radical (unpaired) electrons. The summed E-state index contributed by atoms with van der Waals surface area (Å²) >= 11 is 9.59. The molecular formula is C80H45ClN8S2. The molecule has 91 heavy (non-hydrogen) atoms. The third kappa shape index (κ3) is 7.26. The first-order chi connectivity index (χ1) is 45.1. The van der Waals surface area contributed by atoms with E-state index >= 15 is 0 Å². The van der Waals surface area contributed by atoms with Gasteiger partial charge in [0.05, 0.1) is 81.5 Å². The number of rotatable bonds is 3. The monoisotopic (exact) mass is 1220 g/mol. The molecule has 22 aromatic rings. The highest BCUT2D eigenvalue weighted by Crippen LogP contribution is 2.49. The van der Waals surface area contributed by atoms with Crippen molar-refractivity contribution in [3.63, 3.8) is 0 Å². The summed E-state index contributed by atoms with van der Waals surface area (Å²) in [5, 5.41) is 17.9. The van der Waals surface area contributed by atoms with Crippen LogP contribution in [0.3, 0.4) is 0 Å². The van der Waals surface area contributed by atoms with Crippen molar-refractivity contribution in [3.05, 3.63) is 272 Å². The van der Waals surface area contributed by atoms with Crippen molar-refractivity contribution in [2.45, 2.75) is 0 Å². The molecule has 11 heteroatoms. The van der Waals surface area contributed by atoms with Gasteiger partial charge in [0.25, 0.3) is 0 Å². The van der Waals surface area contributed by atoms with Crippen molar-refractivity contribution in [2.24, 2.45) is 0 Å². The van der Waals surface area contributed by atoms with Crippen LogP contribution in [0.25, 0.3) is 189 Å². The molecule has 0 amide bonds. The molecule has 0 spiro atoms. The van der Waals surface area contributed by atoms with Crippen LogP contribution < -0.4 is 0 Å². The summed E-state index contributed by atoms with van der Waals surface area (Å²) in [6, 6.07) is 94.6. The molecule has 10 heterocycles. The molecule has 0 atom stereocenters. The molecule has 0 bridgehead atoms. The van der Waals surface area contributed by atoms with E-state index in [0.717, 1.165) is 64.8 Å². The van der Waals surface area contributed by atoms with Crippen LogP contribution >= 0.6 is 34.3 Å². The molecule has 1 N–H and O–H groups in total. The lowest BCUT2D eigenvalue weighted by atomic mass is 10.0. The Morgan fingerprint density at radius 1 is 0.319 bits per heavy atom. The van der Waals surface area contributed by atoms with Crippen molar-refractivity contribution in [1.29, 1.82) is 0 Å². The van der Waals surface area contributed by atoms with Crippen LogP contribution in [0, 0.1) is 0 Å². The van der Waals surface area contributed by atoms with E-state index in [2.05, 4.69) is 253 Å². The Bertz CT molecular complexity index is 6730. The van der Waals surface area contributed by atoms with Crippen molar-refractivity contribution in [1.82, 2.24) is 38.3 Å². The van der Waals surface area contributed by atoms with Gasteiger partial charge in [0.15, 0.2) is 0 Å². The number of para-hydroxylation sites is 6. The van der Waals surface area contributed by atoms with Gasteiger partial charge in [-0.3, -0.25) is 4.57 Å². The number of H-pyrrole nitrogens is 1. The Labute approximate surface area is 530 Å². The average Bonchev–Trinajstić information content (AvgIpc) is 1.53. The molecule has 0 fully saturated rings. The van der Waals surface area contributed by atoms with E-state index in [9.17, 15) is 0 Å². The molecule has 10 aromatic heterocycles. The van der Waals surface area contributed by atoms with Crippen molar-refractivity contribution in [3.8, 4) is 28.5 Å².